The molecule has 26 heavy (non-hydrogen) atoms. The number of piperidine rings is 1. The van der Waals surface area contributed by atoms with Crippen LogP contribution >= 0.6 is 0 Å². The molecular weight excluding hydrogens is 338 g/mol. The van der Waals surface area contributed by atoms with Crippen LogP contribution in [0.15, 0.2) is 28.8 Å². The zero-order valence-electron chi connectivity index (χ0n) is 14.6. The van der Waals surface area contributed by atoms with E-state index in [1.165, 1.54) is 0 Å². The fourth-order valence-electron chi connectivity index (χ4n) is 2.99. The molecule has 2 heterocycles. The maximum atomic E-state index is 12.3. The van der Waals surface area contributed by atoms with Gasteiger partial charge < -0.3 is 19.3 Å². The highest BCUT2D eigenvalue weighted by Crippen LogP contribution is 2.21. The first-order valence-electron chi connectivity index (χ1n) is 8.54. The first-order valence-corrected chi connectivity index (χ1v) is 8.54. The number of carboxylic acid groups (broad SMARTS) is 1. The monoisotopic (exact) mass is 359 g/mol. The molecule has 1 amide bonds. The molecule has 0 aliphatic carbocycles. The predicted molar refractivity (Wildman–Crippen MR) is 91.5 cm³/mol. The highest BCUT2D eigenvalue weighted by Gasteiger charge is 2.28. The predicted octanol–water partition coefficient (Wildman–Crippen LogP) is 2.00. The number of hydrogen-bond acceptors (Lipinski definition) is 6. The summed E-state index contributed by atoms with van der Waals surface area (Å²) in [5.74, 6) is 0.181. The number of likely N-dealkylation sites (tertiary alicyclic amines) is 1. The van der Waals surface area contributed by atoms with E-state index in [1.54, 1.807) is 12.0 Å². The van der Waals surface area contributed by atoms with Gasteiger partial charge in [-0.2, -0.15) is 4.98 Å². The van der Waals surface area contributed by atoms with Gasteiger partial charge in [0, 0.05) is 31.5 Å². The maximum Gasteiger partial charge on any atom is 0.308 e. The largest absolute Gasteiger partial charge is 0.497 e. The number of methoxy groups -OCH3 is 1. The third kappa shape index (κ3) is 4.19. The van der Waals surface area contributed by atoms with Crippen LogP contribution in [0.1, 0.15) is 25.2 Å². The summed E-state index contributed by atoms with van der Waals surface area (Å²) in [6.45, 7) is 0.874. The Balaban J connectivity index is 1.55. The summed E-state index contributed by atoms with van der Waals surface area (Å²) in [5, 5.41) is 13.0. The molecule has 8 heteroatoms. The molecule has 1 aliphatic rings. The van der Waals surface area contributed by atoms with Gasteiger partial charge in [0.05, 0.1) is 13.0 Å². The number of carboxylic acids is 1. The van der Waals surface area contributed by atoms with E-state index in [1.807, 2.05) is 24.3 Å². The number of amides is 1. The number of carbonyl (C=O) groups is 2. The van der Waals surface area contributed by atoms with Crippen molar-refractivity contribution in [1.82, 2.24) is 15.0 Å². The van der Waals surface area contributed by atoms with Crippen LogP contribution in [0, 0.1) is 5.92 Å². The van der Waals surface area contributed by atoms with Gasteiger partial charge in [-0.05, 0) is 37.1 Å². The zero-order valence-corrected chi connectivity index (χ0v) is 14.6. The van der Waals surface area contributed by atoms with Crippen molar-refractivity contribution in [1.29, 1.82) is 0 Å². The van der Waals surface area contributed by atoms with Gasteiger partial charge in [-0.25, -0.2) is 0 Å². The molecule has 1 aliphatic heterocycles. The van der Waals surface area contributed by atoms with Gasteiger partial charge in [-0.3, -0.25) is 9.59 Å². The number of hydrogen-bond donors (Lipinski definition) is 1. The molecule has 8 nitrogen and oxygen atoms in total. The minimum atomic E-state index is -0.844. The average molecular weight is 359 g/mol. The van der Waals surface area contributed by atoms with Gasteiger partial charge in [0.25, 0.3) is 0 Å². The third-order valence-corrected chi connectivity index (χ3v) is 4.49. The number of rotatable bonds is 6. The highest BCUT2D eigenvalue weighted by atomic mass is 16.5. The minimum absolute atomic E-state index is 0.0832. The van der Waals surface area contributed by atoms with Crippen LogP contribution in [0.3, 0.4) is 0 Å². The van der Waals surface area contributed by atoms with Gasteiger partial charge in [0.1, 0.15) is 5.75 Å². The number of aryl methyl sites for hydroxylation is 1. The number of nitrogens with zero attached hydrogens (tertiary/aromatic N) is 3. The summed E-state index contributed by atoms with van der Waals surface area (Å²) < 4.78 is 10.3. The lowest BCUT2D eigenvalue weighted by Crippen LogP contribution is -2.42. The van der Waals surface area contributed by atoms with Crippen LogP contribution in [-0.2, 0) is 16.0 Å². The quantitative estimate of drug-likeness (QED) is 0.841. The van der Waals surface area contributed by atoms with Crippen molar-refractivity contribution >= 4 is 11.9 Å². The van der Waals surface area contributed by atoms with Gasteiger partial charge in [0.15, 0.2) is 0 Å². The Kier molecular flexibility index (Phi) is 5.50. The second kappa shape index (κ2) is 7.99. The van der Waals surface area contributed by atoms with Crippen LogP contribution in [-0.4, -0.2) is 52.2 Å². The summed E-state index contributed by atoms with van der Waals surface area (Å²) in [4.78, 5) is 29.3. The number of aromatic nitrogens is 2. The number of benzene rings is 1. The maximum absolute atomic E-state index is 12.3. The first kappa shape index (κ1) is 17.9. The van der Waals surface area contributed by atoms with Crippen molar-refractivity contribution in [2.75, 3.05) is 20.2 Å². The zero-order chi connectivity index (χ0) is 18.5. The standard InChI is InChI=1S/C18H21N3O5/c1-25-14-6-4-12(5-7-14)17-19-15(26-20-17)8-9-16(22)21-10-2-3-13(11-21)18(23)24/h4-7,13H,2-3,8-11H2,1H3,(H,23,24). The summed E-state index contributed by atoms with van der Waals surface area (Å²) in [7, 11) is 1.60. The normalized spacial score (nSPS) is 17.1. The van der Waals surface area contributed by atoms with Crippen LogP contribution < -0.4 is 4.74 Å². The second-order valence-corrected chi connectivity index (χ2v) is 6.26. The Labute approximate surface area is 150 Å². The number of aliphatic carboxylic acids is 1. The molecule has 0 spiro atoms. The van der Waals surface area contributed by atoms with E-state index < -0.39 is 11.9 Å². The Morgan fingerprint density at radius 3 is 2.81 bits per heavy atom. The van der Waals surface area contributed by atoms with E-state index in [4.69, 9.17) is 14.4 Å². The van der Waals surface area contributed by atoms with E-state index >= 15 is 0 Å². The van der Waals surface area contributed by atoms with Crippen LogP contribution in [0.4, 0.5) is 0 Å². The Morgan fingerprint density at radius 2 is 2.12 bits per heavy atom. The molecule has 2 aromatic rings. The van der Waals surface area contributed by atoms with Gasteiger partial charge >= 0.3 is 5.97 Å². The minimum Gasteiger partial charge on any atom is -0.497 e. The molecule has 1 saturated heterocycles. The number of carbonyl (C=O) groups excluding carboxylic acids is 1. The van der Waals surface area contributed by atoms with Crippen molar-refractivity contribution in [3.05, 3.63) is 30.2 Å². The first-order chi connectivity index (χ1) is 12.6. The SMILES string of the molecule is COc1ccc(-c2noc(CCC(=O)N3CCCC(C(=O)O)C3)n2)cc1. The molecule has 1 fully saturated rings. The van der Waals surface area contributed by atoms with Crippen molar-refractivity contribution in [3.63, 3.8) is 0 Å². The molecule has 138 valence electrons. The van der Waals surface area contributed by atoms with Gasteiger partial charge in [0.2, 0.25) is 17.6 Å². The van der Waals surface area contributed by atoms with Crippen molar-refractivity contribution in [2.24, 2.45) is 5.92 Å². The molecular formula is C18H21N3O5. The van der Waals surface area contributed by atoms with E-state index in [9.17, 15) is 9.59 Å². The van der Waals surface area contributed by atoms with Crippen LogP contribution in [0.25, 0.3) is 11.4 Å². The average Bonchev–Trinajstić information content (AvgIpc) is 3.15. The molecule has 1 N–H and O–H groups in total. The Morgan fingerprint density at radius 1 is 1.35 bits per heavy atom. The van der Waals surface area contributed by atoms with Gasteiger partial charge in [-0.15, -0.1) is 0 Å². The fourth-order valence-corrected chi connectivity index (χ4v) is 2.99. The molecule has 1 atom stereocenters. The van der Waals surface area contributed by atoms with E-state index in [0.29, 0.717) is 37.5 Å². The lowest BCUT2D eigenvalue weighted by Gasteiger charge is -2.30. The smallest absolute Gasteiger partial charge is 0.308 e. The molecule has 0 bridgehead atoms. The van der Waals surface area contributed by atoms with E-state index in [0.717, 1.165) is 11.3 Å². The van der Waals surface area contributed by atoms with Crippen LogP contribution in [0.2, 0.25) is 0 Å². The second-order valence-electron chi connectivity index (χ2n) is 6.26. The Hall–Kier alpha value is -2.90. The molecule has 0 radical (unpaired) electrons. The van der Waals surface area contributed by atoms with Crippen molar-refractivity contribution < 1.29 is 24.0 Å². The molecule has 0 saturated carbocycles. The highest BCUT2D eigenvalue weighted by molar-refractivity contribution is 5.78. The molecule has 1 unspecified atom stereocenters. The molecule has 3 rings (SSSR count). The summed E-state index contributed by atoms with van der Waals surface area (Å²) in [5.41, 5.74) is 0.799. The van der Waals surface area contributed by atoms with Crippen LogP contribution in [0.5, 0.6) is 5.75 Å². The molecule has 1 aromatic carbocycles. The summed E-state index contributed by atoms with van der Waals surface area (Å²) >= 11 is 0. The third-order valence-electron chi connectivity index (χ3n) is 4.49. The van der Waals surface area contributed by atoms with Crippen molar-refractivity contribution in [2.45, 2.75) is 25.7 Å². The van der Waals surface area contributed by atoms with E-state index in [2.05, 4.69) is 10.1 Å². The summed E-state index contributed by atoms with van der Waals surface area (Å²) in [6.07, 6.45) is 1.88. The lowest BCUT2D eigenvalue weighted by molar-refractivity contribution is -0.145. The number of ether oxygens (including phenoxy) is 1. The fraction of sp³-hybridized carbons (Fsp3) is 0.444. The van der Waals surface area contributed by atoms with Crippen molar-refractivity contribution in [3.8, 4) is 17.1 Å². The Bertz CT molecular complexity index is 771. The lowest BCUT2D eigenvalue weighted by atomic mass is 9.98. The van der Waals surface area contributed by atoms with E-state index in [-0.39, 0.29) is 18.9 Å². The summed E-state index contributed by atoms with van der Waals surface area (Å²) in [6, 6.07) is 7.28. The van der Waals surface area contributed by atoms with Gasteiger partial charge in [-0.1, -0.05) is 5.16 Å². The molecule has 1 aromatic heterocycles. The topological polar surface area (TPSA) is 106 Å².